The maximum absolute atomic E-state index is 13.2. The minimum absolute atomic E-state index is 0.0496. The average molecular weight is 344 g/mol. The van der Waals surface area contributed by atoms with Crippen LogP contribution in [0.4, 0.5) is 25.8 Å². The Bertz CT molecular complexity index is 799. The number of anilines is 2. The summed E-state index contributed by atoms with van der Waals surface area (Å²) in [5, 5.41) is 10.7. The van der Waals surface area contributed by atoms with Gasteiger partial charge in [-0.15, -0.1) is 0 Å². The normalized spacial score (nSPS) is 16.2. The van der Waals surface area contributed by atoms with Crippen LogP contribution in [0.5, 0.6) is 0 Å². The van der Waals surface area contributed by atoms with Gasteiger partial charge in [0.05, 0.1) is 4.92 Å². The van der Waals surface area contributed by atoms with Crippen molar-refractivity contribution in [2.75, 3.05) is 11.9 Å². The maximum atomic E-state index is 13.2. The van der Waals surface area contributed by atoms with Crippen molar-refractivity contribution in [3.63, 3.8) is 0 Å². The van der Waals surface area contributed by atoms with Crippen molar-refractivity contribution in [1.29, 1.82) is 0 Å². The number of hydrogen-bond acceptors (Lipinski definition) is 3. The van der Waals surface area contributed by atoms with Crippen molar-refractivity contribution in [3.05, 3.63) is 70.3 Å². The van der Waals surface area contributed by atoms with Crippen molar-refractivity contribution >= 4 is 22.6 Å². The predicted octanol–water partition coefficient (Wildman–Crippen LogP) is 5.57. The van der Waals surface area contributed by atoms with Gasteiger partial charge in [-0.1, -0.05) is 18.2 Å². The van der Waals surface area contributed by atoms with E-state index in [4.69, 9.17) is 0 Å². The molecule has 2 aromatic carbocycles. The van der Waals surface area contributed by atoms with Gasteiger partial charge < -0.3 is 4.90 Å². The number of non-ortho nitro benzene ring substituents is 1. The van der Waals surface area contributed by atoms with Gasteiger partial charge >= 0.3 is 0 Å². The van der Waals surface area contributed by atoms with Crippen molar-refractivity contribution < 1.29 is 13.7 Å². The van der Waals surface area contributed by atoms with E-state index in [1.54, 1.807) is 18.2 Å². The minimum atomic E-state index is -2.58. The number of benzene rings is 2. The van der Waals surface area contributed by atoms with Gasteiger partial charge in [-0.3, -0.25) is 10.1 Å². The van der Waals surface area contributed by atoms with Gasteiger partial charge in [0.2, 0.25) is 0 Å². The SMILES string of the molecule is CN(c1ccc(C2=CCC(F)(F)CC2)cc1)c1ccc([N+](=O)[O-])cc1. The third-order valence-electron chi connectivity index (χ3n) is 4.48. The van der Waals surface area contributed by atoms with Gasteiger partial charge in [0.1, 0.15) is 0 Å². The summed E-state index contributed by atoms with van der Waals surface area (Å²) in [6.07, 6.45) is 1.69. The molecule has 0 radical (unpaired) electrons. The summed E-state index contributed by atoms with van der Waals surface area (Å²) in [6, 6.07) is 14.0. The molecule has 0 saturated heterocycles. The smallest absolute Gasteiger partial charge is 0.269 e. The quantitative estimate of drug-likeness (QED) is 0.538. The summed E-state index contributed by atoms with van der Waals surface area (Å²) in [7, 11) is 1.87. The molecule has 0 unspecified atom stereocenters. The first-order valence-electron chi connectivity index (χ1n) is 8.01. The van der Waals surface area contributed by atoms with Gasteiger partial charge in [0.15, 0.2) is 0 Å². The molecule has 0 fully saturated rings. The van der Waals surface area contributed by atoms with Crippen LogP contribution in [0.25, 0.3) is 5.57 Å². The number of hydrogen-bond donors (Lipinski definition) is 0. The van der Waals surface area contributed by atoms with Crippen LogP contribution in [0, 0.1) is 10.1 Å². The molecule has 130 valence electrons. The van der Waals surface area contributed by atoms with Crippen LogP contribution in [0.2, 0.25) is 0 Å². The van der Waals surface area contributed by atoms with Gasteiger partial charge in [-0.2, -0.15) is 0 Å². The molecular formula is C19H18F2N2O2. The summed E-state index contributed by atoms with van der Waals surface area (Å²) < 4.78 is 26.5. The fraction of sp³-hybridized carbons (Fsp3) is 0.263. The fourth-order valence-electron chi connectivity index (χ4n) is 2.90. The topological polar surface area (TPSA) is 46.4 Å². The van der Waals surface area contributed by atoms with E-state index < -0.39 is 10.8 Å². The molecule has 0 aromatic heterocycles. The highest BCUT2D eigenvalue weighted by Crippen LogP contribution is 2.37. The van der Waals surface area contributed by atoms with E-state index in [0.717, 1.165) is 22.5 Å². The molecule has 1 aliphatic rings. The number of alkyl halides is 2. The Labute approximate surface area is 144 Å². The lowest BCUT2D eigenvalue weighted by atomic mass is 9.91. The Morgan fingerprint density at radius 3 is 2.08 bits per heavy atom. The van der Waals surface area contributed by atoms with E-state index in [1.165, 1.54) is 12.1 Å². The number of nitro groups is 1. The predicted molar refractivity (Wildman–Crippen MR) is 94.4 cm³/mol. The second-order valence-corrected chi connectivity index (χ2v) is 6.17. The van der Waals surface area contributed by atoms with E-state index in [1.807, 2.05) is 36.2 Å². The lowest BCUT2D eigenvalue weighted by molar-refractivity contribution is -0.384. The number of rotatable bonds is 4. The van der Waals surface area contributed by atoms with E-state index in [9.17, 15) is 18.9 Å². The summed E-state index contributed by atoms with van der Waals surface area (Å²) in [5.41, 5.74) is 3.70. The lowest BCUT2D eigenvalue weighted by Crippen LogP contribution is -2.18. The Morgan fingerprint density at radius 1 is 1.04 bits per heavy atom. The van der Waals surface area contributed by atoms with Crippen molar-refractivity contribution in [3.8, 4) is 0 Å². The van der Waals surface area contributed by atoms with Crippen LogP contribution in [-0.4, -0.2) is 17.9 Å². The molecular weight excluding hydrogens is 326 g/mol. The number of halogens is 2. The number of nitrogens with zero attached hydrogens (tertiary/aromatic N) is 2. The largest absolute Gasteiger partial charge is 0.345 e. The third-order valence-corrected chi connectivity index (χ3v) is 4.48. The zero-order valence-corrected chi connectivity index (χ0v) is 13.8. The summed E-state index contributed by atoms with van der Waals surface area (Å²) >= 11 is 0. The average Bonchev–Trinajstić information content (AvgIpc) is 2.61. The summed E-state index contributed by atoms with van der Waals surface area (Å²) in [6.45, 7) is 0. The van der Waals surface area contributed by atoms with Crippen LogP contribution < -0.4 is 4.90 Å². The van der Waals surface area contributed by atoms with Crippen molar-refractivity contribution in [2.24, 2.45) is 0 Å². The monoisotopic (exact) mass is 344 g/mol. The maximum Gasteiger partial charge on any atom is 0.269 e. The second-order valence-electron chi connectivity index (χ2n) is 6.17. The molecule has 25 heavy (non-hydrogen) atoms. The fourth-order valence-corrected chi connectivity index (χ4v) is 2.90. The standard InChI is InChI=1S/C19H18F2N2O2/c1-22(17-6-8-18(9-7-17)23(24)25)16-4-2-14(3-5-16)15-10-12-19(20,21)13-11-15/h2-10H,11-13H2,1H3. The molecule has 0 spiro atoms. The Morgan fingerprint density at radius 2 is 1.60 bits per heavy atom. The molecule has 0 heterocycles. The van der Waals surface area contributed by atoms with E-state index in [2.05, 4.69) is 0 Å². The van der Waals surface area contributed by atoms with Crippen LogP contribution in [0.3, 0.4) is 0 Å². The van der Waals surface area contributed by atoms with Gasteiger partial charge in [0, 0.05) is 43.4 Å². The van der Waals surface area contributed by atoms with Gasteiger partial charge in [0.25, 0.3) is 11.6 Å². The lowest BCUT2D eigenvalue weighted by Gasteiger charge is -2.23. The molecule has 0 aliphatic heterocycles. The van der Waals surface area contributed by atoms with E-state index >= 15 is 0 Å². The number of nitro benzene ring substituents is 1. The van der Waals surface area contributed by atoms with Crippen LogP contribution >= 0.6 is 0 Å². The molecule has 2 aromatic rings. The van der Waals surface area contributed by atoms with Crippen LogP contribution in [0.15, 0.2) is 54.6 Å². The highest BCUT2D eigenvalue weighted by Gasteiger charge is 2.30. The molecule has 4 nitrogen and oxygen atoms in total. The zero-order valence-electron chi connectivity index (χ0n) is 13.8. The van der Waals surface area contributed by atoms with Crippen molar-refractivity contribution in [1.82, 2.24) is 0 Å². The first-order valence-corrected chi connectivity index (χ1v) is 8.01. The highest BCUT2D eigenvalue weighted by atomic mass is 19.3. The first-order chi connectivity index (χ1) is 11.9. The second kappa shape index (κ2) is 6.63. The summed E-state index contributed by atoms with van der Waals surface area (Å²) in [5.74, 6) is -2.58. The van der Waals surface area contributed by atoms with Gasteiger partial charge in [-0.05, 0) is 41.8 Å². The minimum Gasteiger partial charge on any atom is -0.345 e. The molecule has 0 saturated carbocycles. The molecule has 0 amide bonds. The molecule has 0 atom stereocenters. The van der Waals surface area contributed by atoms with Crippen molar-refractivity contribution in [2.45, 2.75) is 25.2 Å². The zero-order chi connectivity index (χ0) is 18.0. The Kier molecular flexibility index (Phi) is 4.53. The first kappa shape index (κ1) is 17.1. The van der Waals surface area contributed by atoms with E-state index in [-0.39, 0.29) is 18.5 Å². The molecule has 0 N–H and O–H groups in total. The van der Waals surface area contributed by atoms with E-state index in [0.29, 0.717) is 6.42 Å². The van der Waals surface area contributed by atoms with Crippen LogP contribution in [-0.2, 0) is 0 Å². The highest BCUT2D eigenvalue weighted by molar-refractivity contribution is 5.70. The molecule has 6 heteroatoms. The third kappa shape index (κ3) is 3.84. The van der Waals surface area contributed by atoms with Gasteiger partial charge in [-0.25, -0.2) is 8.78 Å². The number of allylic oxidation sites excluding steroid dienone is 2. The Hall–Kier alpha value is -2.76. The van der Waals surface area contributed by atoms with Crippen LogP contribution in [0.1, 0.15) is 24.8 Å². The molecule has 0 bridgehead atoms. The molecule has 3 rings (SSSR count). The summed E-state index contributed by atoms with van der Waals surface area (Å²) in [4.78, 5) is 12.2. The Balaban J connectivity index is 1.75. The molecule has 1 aliphatic carbocycles.